The third-order valence-electron chi connectivity index (χ3n) is 2.69. The van der Waals surface area contributed by atoms with Gasteiger partial charge in [0.25, 0.3) is 0 Å². The van der Waals surface area contributed by atoms with Crippen molar-refractivity contribution >= 4 is 17.4 Å². The molecular weight excluding hydrogens is 216 g/mol. The standard InChI is InChI=1S/C13H20N2S/c1-10(2)14-6-5-11-3-4-12-13(9-11)16-8-7-15-12/h3-4,9-10,14-15H,5-8H2,1-2H3. The van der Waals surface area contributed by atoms with E-state index in [-0.39, 0.29) is 0 Å². The number of hydrogen-bond donors (Lipinski definition) is 2. The van der Waals surface area contributed by atoms with Gasteiger partial charge in [-0.1, -0.05) is 19.9 Å². The Bertz CT molecular complexity index is 350. The van der Waals surface area contributed by atoms with Gasteiger partial charge < -0.3 is 10.6 Å². The SMILES string of the molecule is CC(C)NCCc1ccc2c(c1)SCCN2. The van der Waals surface area contributed by atoms with Crippen LogP contribution in [0.1, 0.15) is 19.4 Å². The van der Waals surface area contributed by atoms with E-state index in [9.17, 15) is 0 Å². The number of benzene rings is 1. The summed E-state index contributed by atoms with van der Waals surface area (Å²) in [4.78, 5) is 1.41. The number of anilines is 1. The highest BCUT2D eigenvalue weighted by molar-refractivity contribution is 7.99. The largest absolute Gasteiger partial charge is 0.383 e. The van der Waals surface area contributed by atoms with Gasteiger partial charge in [0.15, 0.2) is 0 Å². The first-order valence-electron chi connectivity index (χ1n) is 5.98. The van der Waals surface area contributed by atoms with Gasteiger partial charge in [-0.25, -0.2) is 0 Å². The molecule has 2 rings (SSSR count). The third-order valence-corrected chi connectivity index (χ3v) is 3.74. The van der Waals surface area contributed by atoms with E-state index in [4.69, 9.17) is 0 Å². The Labute approximate surface area is 102 Å². The first-order valence-corrected chi connectivity index (χ1v) is 6.97. The molecule has 88 valence electrons. The fourth-order valence-corrected chi connectivity index (χ4v) is 2.79. The van der Waals surface area contributed by atoms with E-state index in [1.807, 2.05) is 11.8 Å². The zero-order chi connectivity index (χ0) is 11.4. The summed E-state index contributed by atoms with van der Waals surface area (Å²) in [6, 6.07) is 7.36. The summed E-state index contributed by atoms with van der Waals surface area (Å²) in [6.07, 6.45) is 1.12. The van der Waals surface area contributed by atoms with Crippen LogP contribution in [0.2, 0.25) is 0 Å². The predicted molar refractivity (Wildman–Crippen MR) is 72.5 cm³/mol. The minimum atomic E-state index is 0.577. The Morgan fingerprint density at radius 3 is 3.12 bits per heavy atom. The highest BCUT2D eigenvalue weighted by atomic mass is 32.2. The molecule has 0 amide bonds. The molecule has 0 saturated heterocycles. The molecule has 0 atom stereocenters. The summed E-state index contributed by atoms with van der Waals surface area (Å²) in [5, 5.41) is 6.88. The van der Waals surface area contributed by atoms with Crippen molar-refractivity contribution in [1.29, 1.82) is 0 Å². The average molecular weight is 236 g/mol. The van der Waals surface area contributed by atoms with Crippen LogP contribution in [-0.2, 0) is 6.42 Å². The van der Waals surface area contributed by atoms with E-state index in [0.29, 0.717) is 6.04 Å². The average Bonchev–Trinajstić information content (AvgIpc) is 2.28. The minimum Gasteiger partial charge on any atom is -0.383 e. The highest BCUT2D eigenvalue weighted by Gasteiger charge is 2.08. The summed E-state index contributed by atoms with van der Waals surface area (Å²) < 4.78 is 0. The number of thioether (sulfide) groups is 1. The molecule has 0 bridgehead atoms. The Hall–Kier alpha value is -0.670. The Morgan fingerprint density at radius 2 is 2.31 bits per heavy atom. The lowest BCUT2D eigenvalue weighted by molar-refractivity contribution is 0.590. The molecule has 1 aromatic carbocycles. The third kappa shape index (κ3) is 3.16. The smallest absolute Gasteiger partial charge is 0.0478 e. The van der Waals surface area contributed by atoms with Crippen LogP contribution in [0.25, 0.3) is 0 Å². The second-order valence-electron chi connectivity index (χ2n) is 4.46. The molecule has 0 aromatic heterocycles. The molecule has 1 aromatic rings. The molecule has 2 nitrogen and oxygen atoms in total. The van der Waals surface area contributed by atoms with E-state index < -0.39 is 0 Å². The zero-order valence-electron chi connectivity index (χ0n) is 10.0. The van der Waals surface area contributed by atoms with E-state index in [2.05, 4.69) is 42.7 Å². The van der Waals surface area contributed by atoms with Gasteiger partial charge in [-0.3, -0.25) is 0 Å². The van der Waals surface area contributed by atoms with Gasteiger partial charge in [0.1, 0.15) is 0 Å². The fourth-order valence-electron chi connectivity index (χ4n) is 1.84. The van der Waals surface area contributed by atoms with Crippen molar-refractivity contribution in [2.75, 3.05) is 24.2 Å². The van der Waals surface area contributed by atoms with Gasteiger partial charge in [0.05, 0.1) is 0 Å². The highest BCUT2D eigenvalue weighted by Crippen LogP contribution is 2.31. The van der Waals surface area contributed by atoms with Gasteiger partial charge in [-0.15, -0.1) is 11.8 Å². The lowest BCUT2D eigenvalue weighted by Gasteiger charge is -2.18. The summed E-state index contributed by atoms with van der Waals surface area (Å²) in [5.41, 5.74) is 2.74. The van der Waals surface area contributed by atoms with Crippen LogP contribution in [-0.4, -0.2) is 24.9 Å². The van der Waals surface area contributed by atoms with Crippen molar-refractivity contribution in [3.05, 3.63) is 23.8 Å². The zero-order valence-corrected chi connectivity index (χ0v) is 10.9. The molecule has 16 heavy (non-hydrogen) atoms. The van der Waals surface area contributed by atoms with Gasteiger partial charge in [-0.05, 0) is 30.7 Å². The van der Waals surface area contributed by atoms with Crippen molar-refractivity contribution in [2.45, 2.75) is 31.2 Å². The quantitative estimate of drug-likeness (QED) is 0.840. The molecule has 0 spiro atoms. The Balaban J connectivity index is 1.95. The Morgan fingerprint density at radius 1 is 1.44 bits per heavy atom. The number of hydrogen-bond acceptors (Lipinski definition) is 3. The van der Waals surface area contributed by atoms with Crippen molar-refractivity contribution in [3.8, 4) is 0 Å². The second kappa shape index (κ2) is 5.60. The summed E-state index contributed by atoms with van der Waals surface area (Å²) in [5.74, 6) is 1.18. The minimum absolute atomic E-state index is 0.577. The monoisotopic (exact) mass is 236 g/mol. The molecular formula is C13H20N2S. The maximum Gasteiger partial charge on any atom is 0.0478 e. The molecule has 1 heterocycles. The van der Waals surface area contributed by atoms with Crippen LogP contribution < -0.4 is 10.6 Å². The first-order chi connectivity index (χ1) is 7.75. The maximum absolute atomic E-state index is 3.45. The van der Waals surface area contributed by atoms with Crippen LogP contribution in [0.4, 0.5) is 5.69 Å². The van der Waals surface area contributed by atoms with Crippen LogP contribution in [0.3, 0.4) is 0 Å². The molecule has 0 aliphatic carbocycles. The molecule has 0 saturated carbocycles. The van der Waals surface area contributed by atoms with Gasteiger partial charge in [0, 0.05) is 28.9 Å². The maximum atomic E-state index is 3.45. The Kier molecular flexibility index (Phi) is 4.13. The topological polar surface area (TPSA) is 24.1 Å². The molecule has 3 heteroatoms. The molecule has 0 unspecified atom stereocenters. The summed E-state index contributed by atoms with van der Waals surface area (Å²) in [6.45, 7) is 6.53. The lowest BCUT2D eigenvalue weighted by Crippen LogP contribution is -2.25. The molecule has 1 aliphatic heterocycles. The van der Waals surface area contributed by atoms with Crippen molar-refractivity contribution in [2.24, 2.45) is 0 Å². The molecule has 1 aliphatic rings. The van der Waals surface area contributed by atoms with E-state index in [0.717, 1.165) is 19.5 Å². The molecule has 2 N–H and O–H groups in total. The van der Waals surface area contributed by atoms with Gasteiger partial charge >= 0.3 is 0 Å². The van der Waals surface area contributed by atoms with Crippen molar-refractivity contribution in [1.82, 2.24) is 5.32 Å². The van der Waals surface area contributed by atoms with Crippen LogP contribution in [0, 0.1) is 0 Å². The van der Waals surface area contributed by atoms with Crippen molar-refractivity contribution in [3.63, 3.8) is 0 Å². The predicted octanol–water partition coefficient (Wildman–Crippen LogP) is 2.74. The molecule has 0 radical (unpaired) electrons. The summed E-state index contributed by atoms with van der Waals surface area (Å²) >= 11 is 1.96. The summed E-state index contributed by atoms with van der Waals surface area (Å²) in [7, 11) is 0. The number of nitrogens with one attached hydrogen (secondary N) is 2. The normalized spacial score (nSPS) is 14.7. The first kappa shape index (κ1) is 11.8. The van der Waals surface area contributed by atoms with E-state index in [1.165, 1.54) is 21.9 Å². The van der Waals surface area contributed by atoms with Crippen LogP contribution in [0.5, 0.6) is 0 Å². The number of fused-ring (bicyclic) bond motifs is 1. The van der Waals surface area contributed by atoms with Crippen LogP contribution in [0.15, 0.2) is 23.1 Å². The van der Waals surface area contributed by atoms with E-state index in [1.54, 1.807) is 0 Å². The van der Waals surface area contributed by atoms with Gasteiger partial charge in [-0.2, -0.15) is 0 Å². The van der Waals surface area contributed by atoms with Crippen LogP contribution >= 0.6 is 11.8 Å². The number of rotatable bonds is 4. The lowest BCUT2D eigenvalue weighted by atomic mass is 10.1. The second-order valence-corrected chi connectivity index (χ2v) is 5.60. The molecule has 0 fully saturated rings. The van der Waals surface area contributed by atoms with Crippen molar-refractivity contribution < 1.29 is 0 Å². The van der Waals surface area contributed by atoms with E-state index >= 15 is 0 Å². The fraction of sp³-hybridized carbons (Fsp3) is 0.538. The van der Waals surface area contributed by atoms with Gasteiger partial charge in [0.2, 0.25) is 0 Å².